The summed E-state index contributed by atoms with van der Waals surface area (Å²) in [5.74, 6) is 0.165. The van der Waals surface area contributed by atoms with Crippen molar-refractivity contribution >= 4 is 5.97 Å². The summed E-state index contributed by atoms with van der Waals surface area (Å²) in [6.07, 6.45) is 6.30. The van der Waals surface area contributed by atoms with Crippen molar-refractivity contribution in [2.75, 3.05) is 6.61 Å². The first-order chi connectivity index (χ1) is 17.0. The van der Waals surface area contributed by atoms with Crippen molar-refractivity contribution in [2.24, 2.45) is 0 Å². The molecule has 0 aliphatic heterocycles. The van der Waals surface area contributed by atoms with Crippen LogP contribution in [0.15, 0.2) is 85.2 Å². The molecule has 0 radical (unpaired) electrons. The molecular weight excluding hydrogens is 436 g/mol. The molecule has 35 heavy (non-hydrogen) atoms. The van der Waals surface area contributed by atoms with E-state index in [0.29, 0.717) is 25.1 Å². The zero-order valence-electron chi connectivity index (χ0n) is 20.4. The largest absolute Gasteiger partial charge is 0.493 e. The molecule has 0 aliphatic carbocycles. The molecule has 1 N–H and O–H groups in total. The quantitative estimate of drug-likeness (QED) is 0.273. The highest BCUT2D eigenvalue weighted by Gasteiger charge is 2.16. The Balaban J connectivity index is 1.62. The number of carboxylic acid groups (broad SMARTS) is 1. The molecule has 0 saturated carbocycles. The molecule has 0 fully saturated rings. The van der Waals surface area contributed by atoms with E-state index in [-0.39, 0.29) is 5.92 Å². The monoisotopic (exact) mass is 468 g/mol. The van der Waals surface area contributed by atoms with Crippen LogP contribution in [0.25, 0.3) is 0 Å². The number of hydrogen-bond donors (Lipinski definition) is 1. The van der Waals surface area contributed by atoms with Gasteiger partial charge in [0.05, 0.1) is 18.7 Å². The van der Waals surface area contributed by atoms with Crippen molar-refractivity contribution in [2.45, 2.75) is 45.6 Å². The second-order valence-corrected chi connectivity index (χ2v) is 8.99. The first-order valence-corrected chi connectivity index (χ1v) is 12.1. The highest BCUT2D eigenvalue weighted by Crippen LogP contribution is 2.29. The van der Waals surface area contributed by atoms with Gasteiger partial charge in [-0.15, -0.1) is 0 Å². The van der Waals surface area contributed by atoms with Crippen molar-refractivity contribution in [3.05, 3.63) is 119 Å². The van der Waals surface area contributed by atoms with Gasteiger partial charge in [-0.1, -0.05) is 73.5 Å². The van der Waals surface area contributed by atoms with Gasteiger partial charge in [0.25, 0.3) is 0 Å². The molecular formula is C30H32N2O3. The van der Waals surface area contributed by atoms with Crippen molar-refractivity contribution in [3.8, 4) is 5.75 Å². The molecule has 1 aromatic heterocycles. The topological polar surface area (TPSA) is 64.4 Å². The Bertz CT molecular complexity index is 1250. The van der Waals surface area contributed by atoms with E-state index in [9.17, 15) is 9.90 Å². The number of ether oxygens (including phenoxy) is 1. The highest BCUT2D eigenvalue weighted by molar-refractivity contribution is 5.89. The van der Waals surface area contributed by atoms with Crippen LogP contribution in [-0.2, 0) is 13.0 Å². The smallest absolute Gasteiger partial charge is 0.335 e. The molecule has 0 amide bonds. The van der Waals surface area contributed by atoms with Crippen LogP contribution in [-0.4, -0.2) is 27.5 Å². The van der Waals surface area contributed by atoms with Gasteiger partial charge in [-0.05, 0) is 53.8 Å². The molecule has 5 nitrogen and oxygen atoms in total. The van der Waals surface area contributed by atoms with Crippen LogP contribution in [0, 0.1) is 6.92 Å². The lowest BCUT2D eigenvalue weighted by atomic mass is 9.94. The second-order valence-electron chi connectivity index (χ2n) is 8.99. The van der Waals surface area contributed by atoms with Gasteiger partial charge < -0.3 is 9.84 Å². The SMILES string of the molecule is CCCC(COc1cc(Cn2cccn2)ccc1Cc1ccccc1C(=O)O)c1ccc(C)cc1. The van der Waals surface area contributed by atoms with Gasteiger partial charge in [0.2, 0.25) is 0 Å². The third-order valence-corrected chi connectivity index (χ3v) is 6.29. The van der Waals surface area contributed by atoms with Crippen LogP contribution in [0.1, 0.15) is 63.9 Å². The summed E-state index contributed by atoms with van der Waals surface area (Å²) in [5.41, 5.74) is 5.68. The van der Waals surface area contributed by atoms with E-state index in [1.807, 2.05) is 35.1 Å². The number of nitrogens with zero attached hydrogens (tertiary/aromatic N) is 2. The lowest BCUT2D eigenvalue weighted by Crippen LogP contribution is -2.12. The predicted octanol–water partition coefficient (Wildman–Crippen LogP) is 6.49. The van der Waals surface area contributed by atoms with Crippen molar-refractivity contribution < 1.29 is 14.6 Å². The number of rotatable bonds is 11. The Morgan fingerprint density at radius 2 is 1.83 bits per heavy atom. The third-order valence-electron chi connectivity index (χ3n) is 6.29. The predicted molar refractivity (Wildman–Crippen MR) is 138 cm³/mol. The first-order valence-electron chi connectivity index (χ1n) is 12.1. The molecule has 0 spiro atoms. The van der Waals surface area contributed by atoms with Crippen LogP contribution in [0.3, 0.4) is 0 Å². The molecule has 0 saturated heterocycles. The highest BCUT2D eigenvalue weighted by atomic mass is 16.5. The molecule has 1 atom stereocenters. The third kappa shape index (κ3) is 6.38. The summed E-state index contributed by atoms with van der Waals surface area (Å²) in [4.78, 5) is 11.8. The van der Waals surface area contributed by atoms with Crippen LogP contribution in [0.2, 0.25) is 0 Å². The van der Waals surface area contributed by atoms with E-state index >= 15 is 0 Å². The molecule has 1 unspecified atom stereocenters. The van der Waals surface area contributed by atoms with E-state index in [1.165, 1.54) is 11.1 Å². The fourth-order valence-electron chi connectivity index (χ4n) is 4.37. The number of aromatic nitrogens is 2. The molecule has 1 heterocycles. The lowest BCUT2D eigenvalue weighted by Gasteiger charge is -2.20. The zero-order valence-corrected chi connectivity index (χ0v) is 20.4. The summed E-state index contributed by atoms with van der Waals surface area (Å²) in [6.45, 7) is 5.50. The minimum absolute atomic E-state index is 0.287. The van der Waals surface area contributed by atoms with Gasteiger partial charge in [0.15, 0.2) is 0 Å². The van der Waals surface area contributed by atoms with Crippen molar-refractivity contribution in [1.29, 1.82) is 0 Å². The molecule has 4 aromatic rings. The first kappa shape index (κ1) is 24.3. The molecule has 5 heteroatoms. The number of benzene rings is 3. The molecule has 0 bridgehead atoms. The van der Waals surface area contributed by atoms with E-state index < -0.39 is 5.97 Å². The van der Waals surface area contributed by atoms with Gasteiger partial charge in [0, 0.05) is 24.7 Å². The number of aryl methyl sites for hydroxylation is 1. The Kier molecular flexibility index (Phi) is 7.99. The summed E-state index contributed by atoms with van der Waals surface area (Å²) in [7, 11) is 0. The average Bonchev–Trinajstić information content (AvgIpc) is 3.37. The minimum atomic E-state index is -0.916. The van der Waals surface area contributed by atoms with Gasteiger partial charge in [-0.3, -0.25) is 4.68 Å². The minimum Gasteiger partial charge on any atom is -0.493 e. The van der Waals surface area contributed by atoms with E-state index in [2.05, 4.69) is 55.3 Å². The lowest BCUT2D eigenvalue weighted by molar-refractivity contribution is 0.0696. The normalized spacial score (nSPS) is 11.8. The number of aromatic carboxylic acids is 1. The molecule has 4 rings (SSSR count). The summed E-state index contributed by atoms with van der Waals surface area (Å²) in [6, 6.07) is 23.9. The van der Waals surface area contributed by atoms with Crippen LogP contribution < -0.4 is 4.74 Å². The average molecular weight is 469 g/mol. The number of carboxylic acids is 1. The second kappa shape index (κ2) is 11.5. The summed E-state index contributed by atoms with van der Waals surface area (Å²) in [5, 5.41) is 14.0. The van der Waals surface area contributed by atoms with E-state index in [4.69, 9.17) is 4.74 Å². The maximum Gasteiger partial charge on any atom is 0.335 e. The Morgan fingerprint density at radius 3 is 2.54 bits per heavy atom. The molecule has 3 aromatic carbocycles. The van der Waals surface area contributed by atoms with Crippen LogP contribution in [0.4, 0.5) is 0 Å². The van der Waals surface area contributed by atoms with Gasteiger partial charge in [-0.2, -0.15) is 5.10 Å². The maximum absolute atomic E-state index is 11.8. The number of hydrogen-bond acceptors (Lipinski definition) is 3. The Hall–Kier alpha value is -3.86. The van der Waals surface area contributed by atoms with Crippen molar-refractivity contribution in [3.63, 3.8) is 0 Å². The number of carbonyl (C=O) groups is 1. The Morgan fingerprint density at radius 1 is 1.03 bits per heavy atom. The fourth-order valence-corrected chi connectivity index (χ4v) is 4.37. The van der Waals surface area contributed by atoms with Gasteiger partial charge in [-0.25, -0.2) is 4.79 Å². The van der Waals surface area contributed by atoms with Crippen molar-refractivity contribution in [1.82, 2.24) is 9.78 Å². The molecule has 180 valence electrons. The van der Waals surface area contributed by atoms with E-state index in [0.717, 1.165) is 35.3 Å². The molecule has 0 aliphatic rings. The fraction of sp³-hybridized carbons (Fsp3) is 0.267. The summed E-state index contributed by atoms with van der Waals surface area (Å²) < 4.78 is 8.37. The maximum atomic E-state index is 11.8. The Labute approximate surface area is 207 Å². The van der Waals surface area contributed by atoms with Gasteiger partial charge >= 0.3 is 5.97 Å². The van der Waals surface area contributed by atoms with Crippen LogP contribution in [0.5, 0.6) is 5.75 Å². The van der Waals surface area contributed by atoms with Crippen LogP contribution >= 0.6 is 0 Å². The van der Waals surface area contributed by atoms with E-state index in [1.54, 1.807) is 18.3 Å². The standard InChI is InChI=1S/C30H32N2O3/c1-3-7-27(24-13-10-22(2)11-14-24)21-35-29-18-23(20-32-17-6-16-31-32)12-15-26(29)19-25-8-4-5-9-28(25)30(33)34/h4-6,8-18,27H,3,7,19-21H2,1-2H3,(H,33,34). The zero-order chi connectivity index (χ0) is 24.6. The summed E-state index contributed by atoms with van der Waals surface area (Å²) >= 11 is 0. The van der Waals surface area contributed by atoms with Gasteiger partial charge in [0.1, 0.15) is 5.75 Å².